The Labute approximate surface area is 65.6 Å². The molecule has 0 amide bonds. The third kappa shape index (κ3) is 1.77. The lowest BCUT2D eigenvalue weighted by molar-refractivity contribution is 0.0936. The summed E-state index contributed by atoms with van der Waals surface area (Å²) < 4.78 is 10.2. The first kappa shape index (κ1) is 8.20. The number of aryl methyl sites for hydroxylation is 1. The second-order valence-electron chi connectivity index (χ2n) is 2.27. The number of ether oxygens (including phenoxy) is 1. The molecule has 11 heavy (non-hydrogen) atoms. The number of aromatic nitrogens is 2. The van der Waals surface area contributed by atoms with Crippen LogP contribution in [0.2, 0.25) is 0 Å². The van der Waals surface area contributed by atoms with Crippen molar-refractivity contribution < 1.29 is 9.15 Å². The minimum atomic E-state index is -0.109. The van der Waals surface area contributed by atoms with Gasteiger partial charge in [-0.1, -0.05) is 6.92 Å². The predicted octanol–water partition coefficient (Wildman–Crippen LogP) is 1.34. The number of hydrogen-bond donors (Lipinski definition) is 0. The lowest BCUT2D eigenvalue weighted by Crippen LogP contribution is -1.95. The normalized spacial score (nSPS) is 13.4. The van der Waals surface area contributed by atoms with E-state index in [0.29, 0.717) is 11.8 Å². The summed E-state index contributed by atoms with van der Waals surface area (Å²) in [5.41, 5.74) is 0. The van der Waals surface area contributed by atoms with Gasteiger partial charge >= 0.3 is 0 Å². The molecule has 1 unspecified atom stereocenters. The lowest BCUT2D eigenvalue weighted by Gasteiger charge is -2.00. The summed E-state index contributed by atoms with van der Waals surface area (Å²) in [5.74, 6) is 1.20. The van der Waals surface area contributed by atoms with Crippen LogP contribution in [0, 0.1) is 0 Å². The zero-order valence-corrected chi connectivity index (χ0v) is 7.00. The molecular weight excluding hydrogens is 144 g/mol. The van der Waals surface area contributed by atoms with Crippen molar-refractivity contribution in [2.45, 2.75) is 26.4 Å². The van der Waals surface area contributed by atoms with Gasteiger partial charge in [-0.15, -0.1) is 10.2 Å². The third-order valence-corrected chi connectivity index (χ3v) is 1.49. The molecule has 0 aliphatic rings. The van der Waals surface area contributed by atoms with Crippen LogP contribution in [0.15, 0.2) is 4.42 Å². The Balaban J connectivity index is 2.71. The highest BCUT2D eigenvalue weighted by molar-refractivity contribution is 4.84. The van der Waals surface area contributed by atoms with Crippen molar-refractivity contribution in [3.05, 3.63) is 11.8 Å². The second-order valence-corrected chi connectivity index (χ2v) is 2.27. The molecule has 1 aromatic heterocycles. The Morgan fingerprint density at radius 2 is 2.27 bits per heavy atom. The Hall–Kier alpha value is -0.900. The molecule has 0 bridgehead atoms. The fourth-order valence-electron chi connectivity index (χ4n) is 0.675. The standard InChI is InChI=1S/C7H12N2O2/c1-4-6-8-9-7(11-6)5(2)10-3/h5H,4H2,1-3H3. The van der Waals surface area contributed by atoms with Crippen molar-refractivity contribution >= 4 is 0 Å². The summed E-state index contributed by atoms with van der Waals surface area (Å²) in [6.45, 7) is 3.84. The topological polar surface area (TPSA) is 48.2 Å². The maximum atomic E-state index is 5.24. The van der Waals surface area contributed by atoms with Crippen molar-refractivity contribution in [1.82, 2.24) is 10.2 Å². The smallest absolute Gasteiger partial charge is 0.244 e. The lowest BCUT2D eigenvalue weighted by atomic mass is 10.4. The van der Waals surface area contributed by atoms with E-state index in [1.54, 1.807) is 7.11 Å². The monoisotopic (exact) mass is 156 g/mol. The van der Waals surface area contributed by atoms with Crippen LogP contribution >= 0.6 is 0 Å². The van der Waals surface area contributed by atoms with Crippen LogP contribution in [0.3, 0.4) is 0 Å². The van der Waals surface area contributed by atoms with E-state index in [4.69, 9.17) is 9.15 Å². The zero-order valence-electron chi connectivity index (χ0n) is 7.00. The van der Waals surface area contributed by atoms with Crippen molar-refractivity contribution in [2.24, 2.45) is 0 Å². The van der Waals surface area contributed by atoms with Gasteiger partial charge in [0, 0.05) is 13.5 Å². The second kappa shape index (κ2) is 3.48. The number of nitrogens with zero attached hydrogens (tertiary/aromatic N) is 2. The van der Waals surface area contributed by atoms with Crippen molar-refractivity contribution in [3.8, 4) is 0 Å². The van der Waals surface area contributed by atoms with Crippen LogP contribution in [0.25, 0.3) is 0 Å². The van der Waals surface area contributed by atoms with E-state index in [9.17, 15) is 0 Å². The molecule has 0 aliphatic carbocycles. The van der Waals surface area contributed by atoms with E-state index in [1.807, 2.05) is 13.8 Å². The Morgan fingerprint density at radius 1 is 1.55 bits per heavy atom. The van der Waals surface area contributed by atoms with Crippen LogP contribution in [-0.4, -0.2) is 17.3 Å². The van der Waals surface area contributed by atoms with Crippen LogP contribution in [0.5, 0.6) is 0 Å². The Kier molecular flexibility index (Phi) is 2.59. The molecule has 0 saturated heterocycles. The van der Waals surface area contributed by atoms with Gasteiger partial charge in [0.1, 0.15) is 6.10 Å². The molecule has 0 radical (unpaired) electrons. The molecule has 1 heterocycles. The van der Waals surface area contributed by atoms with Gasteiger partial charge in [-0.05, 0) is 6.92 Å². The molecular formula is C7H12N2O2. The number of rotatable bonds is 3. The van der Waals surface area contributed by atoms with Crippen LogP contribution in [-0.2, 0) is 11.2 Å². The fourth-order valence-corrected chi connectivity index (χ4v) is 0.675. The van der Waals surface area contributed by atoms with Crippen molar-refractivity contribution in [3.63, 3.8) is 0 Å². The molecule has 1 atom stereocenters. The average molecular weight is 156 g/mol. The summed E-state index contributed by atoms with van der Waals surface area (Å²) in [6, 6.07) is 0. The fraction of sp³-hybridized carbons (Fsp3) is 0.714. The molecule has 1 rings (SSSR count). The average Bonchev–Trinajstić information content (AvgIpc) is 2.50. The highest BCUT2D eigenvalue weighted by Gasteiger charge is 2.11. The van der Waals surface area contributed by atoms with Gasteiger partial charge in [-0.25, -0.2) is 0 Å². The molecule has 62 valence electrons. The predicted molar refractivity (Wildman–Crippen MR) is 39.1 cm³/mol. The van der Waals surface area contributed by atoms with E-state index in [0.717, 1.165) is 6.42 Å². The molecule has 4 nitrogen and oxygen atoms in total. The molecule has 1 aromatic rings. The largest absolute Gasteiger partial charge is 0.422 e. The molecule has 0 aromatic carbocycles. The van der Waals surface area contributed by atoms with Gasteiger partial charge in [-0.3, -0.25) is 0 Å². The summed E-state index contributed by atoms with van der Waals surface area (Å²) in [6.07, 6.45) is 0.659. The van der Waals surface area contributed by atoms with E-state index >= 15 is 0 Å². The molecule has 0 fully saturated rings. The van der Waals surface area contributed by atoms with E-state index < -0.39 is 0 Å². The highest BCUT2D eigenvalue weighted by Crippen LogP contribution is 2.13. The first-order chi connectivity index (χ1) is 5.27. The van der Waals surface area contributed by atoms with Gasteiger partial charge in [0.25, 0.3) is 0 Å². The molecule has 0 saturated carbocycles. The SMILES string of the molecule is CCc1nnc(C(C)OC)o1. The van der Waals surface area contributed by atoms with E-state index in [2.05, 4.69) is 10.2 Å². The maximum Gasteiger partial charge on any atom is 0.244 e. The van der Waals surface area contributed by atoms with Gasteiger partial charge < -0.3 is 9.15 Å². The van der Waals surface area contributed by atoms with E-state index in [-0.39, 0.29) is 6.10 Å². The quantitative estimate of drug-likeness (QED) is 0.662. The molecule has 0 aliphatic heterocycles. The van der Waals surface area contributed by atoms with Crippen LogP contribution in [0.1, 0.15) is 31.7 Å². The number of hydrogen-bond acceptors (Lipinski definition) is 4. The van der Waals surface area contributed by atoms with Gasteiger partial charge in [0.2, 0.25) is 11.8 Å². The first-order valence-electron chi connectivity index (χ1n) is 3.63. The summed E-state index contributed by atoms with van der Waals surface area (Å²) >= 11 is 0. The zero-order chi connectivity index (χ0) is 8.27. The van der Waals surface area contributed by atoms with Gasteiger partial charge in [0.15, 0.2) is 0 Å². The number of methoxy groups -OCH3 is 1. The molecule has 0 N–H and O–H groups in total. The highest BCUT2D eigenvalue weighted by atomic mass is 16.5. The Morgan fingerprint density at radius 3 is 2.73 bits per heavy atom. The van der Waals surface area contributed by atoms with Gasteiger partial charge in [-0.2, -0.15) is 0 Å². The molecule has 0 spiro atoms. The van der Waals surface area contributed by atoms with Crippen LogP contribution in [0.4, 0.5) is 0 Å². The Bertz CT molecular complexity index is 222. The minimum absolute atomic E-state index is 0.109. The van der Waals surface area contributed by atoms with Crippen molar-refractivity contribution in [2.75, 3.05) is 7.11 Å². The third-order valence-electron chi connectivity index (χ3n) is 1.49. The van der Waals surface area contributed by atoms with E-state index in [1.165, 1.54) is 0 Å². The summed E-state index contributed by atoms with van der Waals surface area (Å²) in [5, 5.41) is 7.62. The minimum Gasteiger partial charge on any atom is -0.422 e. The summed E-state index contributed by atoms with van der Waals surface area (Å²) in [4.78, 5) is 0. The van der Waals surface area contributed by atoms with Crippen LogP contribution < -0.4 is 0 Å². The maximum absolute atomic E-state index is 5.24. The molecule has 4 heteroatoms. The summed E-state index contributed by atoms with van der Waals surface area (Å²) in [7, 11) is 1.61. The first-order valence-corrected chi connectivity index (χ1v) is 3.63. The van der Waals surface area contributed by atoms with Gasteiger partial charge in [0.05, 0.1) is 0 Å². The van der Waals surface area contributed by atoms with Crippen molar-refractivity contribution in [1.29, 1.82) is 0 Å².